The van der Waals surface area contributed by atoms with Crippen molar-refractivity contribution in [2.45, 2.75) is 32.7 Å². The minimum atomic E-state index is -3.09. The van der Waals surface area contributed by atoms with Gasteiger partial charge in [-0.2, -0.15) is 5.10 Å². The highest BCUT2D eigenvalue weighted by molar-refractivity contribution is 7.88. The van der Waals surface area contributed by atoms with E-state index in [4.69, 9.17) is 0 Å². The fraction of sp³-hybridized carbons (Fsp3) is 0.529. The molecule has 2 aromatic heterocycles. The maximum atomic E-state index is 11.8. The minimum Gasteiger partial charge on any atom is -0.264 e. The average Bonchev–Trinajstić information content (AvgIpc) is 3.03. The minimum absolute atomic E-state index is 0.361. The second kappa shape index (κ2) is 7.03. The van der Waals surface area contributed by atoms with Crippen LogP contribution in [0.15, 0.2) is 30.6 Å². The molecule has 0 aromatic carbocycles. The number of hydrogen-bond acceptors (Lipinski definition) is 4. The molecule has 3 heterocycles. The van der Waals surface area contributed by atoms with E-state index in [2.05, 4.69) is 23.1 Å². The van der Waals surface area contributed by atoms with Crippen LogP contribution < -0.4 is 0 Å². The number of hydrogen-bond donors (Lipinski definition) is 0. The summed E-state index contributed by atoms with van der Waals surface area (Å²) in [7, 11) is -3.09. The summed E-state index contributed by atoms with van der Waals surface area (Å²) in [5, 5.41) is 4.30. The normalized spacial score (nSPS) is 19.5. The van der Waals surface area contributed by atoms with E-state index < -0.39 is 10.0 Å². The first-order valence-electron chi connectivity index (χ1n) is 8.39. The van der Waals surface area contributed by atoms with Crippen molar-refractivity contribution < 1.29 is 8.42 Å². The lowest BCUT2D eigenvalue weighted by atomic mass is 9.92. The molecule has 0 unspecified atom stereocenters. The van der Waals surface area contributed by atoms with Gasteiger partial charge < -0.3 is 0 Å². The van der Waals surface area contributed by atoms with E-state index in [1.165, 1.54) is 11.8 Å². The van der Waals surface area contributed by atoms with E-state index in [9.17, 15) is 8.42 Å². The van der Waals surface area contributed by atoms with Crippen LogP contribution in [0.2, 0.25) is 0 Å². The van der Waals surface area contributed by atoms with Crippen LogP contribution in [-0.2, 0) is 23.0 Å². The molecule has 1 fully saturated rings. The quantitative estimate of drug-likeness (QED) is 0.830. The highest BCUT2D eigenvalue weighted by atomic mass is 32.2. The SMILES string of the molecule is CCn1nccc1-c1cc(C[C@@H]2CCCN(S(C)(=O)=O)C2)ccn1. The fourth-order valence-corrected chi connectivity index (χ4v) is 4.31. The summed E-state index contributed by atoms with van der Waals surface area (Å²) in [5.41, 5.74) is 3.13. The number of aryl methyl sites for hydroxylation is 1. The van der Waals surface area contributed by atoms with Crippen molar-refractivity contribution in [2.24, 2.45) is 5.92 Å². The first-order valence-corrected chi connectivity index (χ1v) is 10.2. The molecular formula is C17H24N4O2S. The van der Waals surface area contributed by atoms with Gasteiger partial charge >= 0.3 is 0 Å². The number of rotatable bonds is 5. The smallest absolute Gasteiger partial charge is 0.211 e. The predicted molar refractivity (Wildman–Crippen MR) is 94.0 cm³/mol. The summed E-state index contributed by atoms with van der Waals surface area (Å²) in [6.07, 6.45) is 7.79. The molecule has 0 radical (unpaired) electrons. The van der Waals surface area contributed by atoms with Crippen LogP contribution in [0.4, 0.5) is 0 Å². The Kier molecular flexibility index (Phi) is 5.01. The van der Waals surface area contributed by atoms with Crippen LogP contribution in [-0.4, -0.2) is 46.8 Å². The Morgan fingerprint density at radius 3 is 2.88 bits per heavy atom. The first kappa shape index (κ1) is 17.1. The molecule has 1 aliphatic heterocycles. The average molecular weight is 348 g/mol. The van der Waals surface area contributed by atoms with E-state index in [1.54, 1.807) is 10.5 Å². The zero-order chi connectivity index (χ0) is 17.2. The van der Waals surface area contributed by atoms with E-state index in [0.29, 0.717) is 19.0 Å². The number of piperidine rings is 1. The first-order chi connectivity index (χ1) is 11.5. The van der Waals surface area contributed by atoms with Gasteiger partial charge in [-0.1, -0.05) is 0 Å². The van der Waals surface area contributed by atoms with E-state index in [1.807, 2.05) is 23.0 Å². The third-order valence-electron chi connectivity index (χ3n) is 4.58. The molecule has 1 saturated heterocycles. The molecule has 130 valence electrons. The molecule has 3 rings (SSSR count). The third kappa shape index (κ3) is 3.84. The predicted octanol–water partition coefficient (Wildman–Crippen LogP) is 2.18. The van der Waals surface area contributed by atoms with Crippen molar-refractivity contribution in [2.75, 3.05) is 19.3 Å². The zero-order valence-corrected chi connectivity index (χ0v) is 15.0. The van der Waals surface area contributed by atoms with Crippen LogP contribution in [0.3, 0.4) is 0 Å². The Bertz CT molecular complexity index is 800. The van der Waals surface area contributed by atoms with E-state index in [-0.39, 0.29) is 0 Å². The molecule has 7 heteroatoms. The molecule has 0 aliphatic carbocycles. The van der Waals surface area contributed by atoms with Crippen LogP contribution in [0.5, 0.6) is 0 Å². The number of nitrogens with zero attached hydrogens (tertiary/aromatic N) is 4. The van der Waals surface area contributed by atoms with Crippen molar-refractivity contribution in [1.82, 2.24) is 19.1 Å². The highest BCUT2D eigenvalue weighted by Gasteiger charge is 2.26. The highest BCUT2D eigenvalue weighted by Crippen LogP contribution is 2.24. The van der Waals surface area contributed by atoms with E-state index in [0.717, 1.165) is 37.2 Å². The molecular weight excluding hydrogens is 324 g/mol. The Morgan fingerprint density at radius 1 is 1.29 bits per heavy atom. The van der Waals surface area contributed by atoms with Crippen LogP contribution in [0.25, 0.3) is 11.4 Å². The molecule has 2 aromatic rings. The Morgan fingerprint density at radius 2 is 2.12 bits per heavy atom. The second-order valence-corrected chi connectivity index (χ2v) is 8.40. The molecule has 0 amide bonds. The number of pyridine rings is 1. The molecule has 0 saturated carbocycles. The second-order valence-electron chi connectivity index (χ2n) is 6.41. The van der Waals surface area contributed by atoms with Gasteiger partial charge in [-0.15, -0.1) is 0 Å². The number of aromatic nitrogens is 3. The van der Waals surface area contributed by atoms with Gasteiger partial charge in [0.25, 0.3) is 0 Å². The third-order valence-corrected chi connectivity index (χ3v) is 5.85. The summed E-state index contributed by atoms with van der Waals surface area (Å²) in [6.45, 7) is 4.12. The molecule has 0 bridgehead atoms. The van der Waals surface area contributed by atoms with Gasteiger partial charge in [-0.25, -0.2) is 12.7 Å². The van der Waals surface area contributed by atoms with Gasteiger partial charge in [0.15, 0.2) is 0 Å². The van der Waals surface area contributed by atoms with E-state index >= 15 is 0 Å². The lowest BCUT2D eigenvalue weighted by Gasteiger charge is -2.31. The topological polar surface area (TPSA) is 68.1 Å². The maximum absolute atomic E-state index is 11.8. The van der Waals surface area contributed by atoms with Gasteiger partial charge in [0, 0.05) is 32.0 Å². The zero-order valence-electron chi connectivity index (χ0n) is 14.2. The van der Waals surface area contributed by atoms with Crippen LogP contribution >= 0.6 is 0 Å². The molecule has 24 heavy (non-hydrogen) atoms. The van der Waals surface area contributed by atoms with Crippen LogP contribution in [0.1, 0.15) is 25.3 Å². The maximum Gasteiger partial charge on any atom is 0.211 e. The van der Waals surface area contributed by atoms with Crippen molar-refractivity contribution >= 4 is 10.0 Å². The summed E-state index contributed by atoms with van der Waals surface area (Å²) >= 11 is 0. The summed E-state index contributed by atoms with van der Waals surface area (Å²) < 4.78 is 27.1. The Balaban J connectivity index is 1.75. The van der Waals surface area contributed by atoms with Gasteiger partial charge in [0.05, 0.1) is 17.6 Å². The Labute approximate surface area is 143 Å². The van der Waals surface area contributed by atoms with Crippen molar-refractivity contribution in [3.8, 4) is 11.4 Å². The Hall–Kier alpha value is -1.73. The lowest BCUT2D eigenvalue weighted by molar-refractivity contribution is 0.267. The molecule has 0 N–H and O–H groups in total. The number of sulfonamides is 1. The molecule has 6 nitrogen and oxygen atoms in total. The summed E-state index contributed by atoms with van der Waals surface area (Å²) in [4.78, 5) is 4.47. The van der Waals surface area contributed by atoms with Gasteiger partial charge in [-0.3, -0.25) is 9.67 Å². The van der Waals surface area contributed by atoms with Gasteiger partial charge in [0.2, 0.25) is 10.0 Å². The van der Waals surface area contributed by atoms with Crippen molar-refractivity contribution in [1.29, 1.82) is 0 Å². The summed E-state index contributed by atoms with van der Waals surface area (Å²) in [6, 6.07) is 6.10. The standard InChI is InChI=1S/C17H24N4O2S/c1-3-21-17(7-9-19-21)16-12-14(6-8-18-16)11-15-5-4-10-20(13-15)24(2,22)23/h6-9,12,15H,3-5,10-11,13H2,1-2H3/t15-/m0/s1. The van der Waals surface area contributed by atoms with Crippen LogP contribution in [0, 0.1) is 5.92 Å². The largest absolute Gasteiger partial charge is 0.264 e. The molecule has 1 atom stereocenters. The lowest BCUT2D eigenvalue weighted by Crippen LogP contribution is -2.39. The van der Waals surface area contributed by atoms with Gasteiger partial charge in [-0.05, 0) is 55.9 Å². The van der Waals surface area contributed by atoms with Crippen molar-refractivity contribution in [3.63, 3.8) is 0 Å². The summed E-state index contributed by atoms with van der Waals surface area (Å²) in [5.74, 6) is 0.361. The van der Waals surface area contributed by atoms with Crippen molar-refractivity contribution in [3.05, 3.63) is 36.2 Å². The van der Waals surface area contributed by atoms with Gasteiger partial charge in [0.1, 0.15) is 0 Å². The molecule has 0 spiro atoms. The monoisotopic (exact) mass is 348 g/mol. The fourth-order valence-electron chi connectivity index (χ4n) is 3.37. The molecule has 1 aliphatic rings.